The van der Waals surface area contributed by atoms with E-state index in [1.165, 1.54) is 0 Å². The van der Waals surface area contributed by atoms with Crippen LogP contribution in [0, 0.1) is 19.8 Å². The van der Waals surface area contributed by atoms with Crippen LogP contribution in [0.25, 0.3) is 11.4 Å². The summed E-state index contributed by atoms with van der Waals surface area (Å²) in [6, 6.07) is 0. The van der Waals surface area contributed by atoms with Gasteiger partial charge in [-0.2, -0.15) is 0 Å². The summed E-state index contributed by atoms with van der Waals surface area (Å²) >= 11 is 0. The number of hydrogen-bond donors (Lipinski definition) is 0. The number of amides is 1. The van der Waals surface area contributed by atoms with Crippen LogP contribution in [0.5, 0.6) is 0 Å². The first-order valence-electron chi connectivity index (χ1n) is 9.89. The lowest BCUT2D eigenvalue weighted by atomic mass is 9.93. The van der Waals surface area contributed by atoms with E-state index >= 15 is 0 Å². The molecule has 8 nitrogen and oxygen atoms in total. The van der Waals surface area contributed by atoms with Crippen molar-refractivity contribution in [2.75, 3.05) is 13.1 Å². The molecule has 150 valence electrons. The molecule has 1 atom stereocenters. The molecular formula is C21H25N7O. The Morgan fingerprint density at radius 2 is 1.97 bits per heavy atom. The first kappa shape index (κ1) is 19.2. The highest BCUT2D eigenvalue weighted by atomic mass is 16.2. The largest absolute Gasteiger partial charge is 0.337 e. The molecule has 0 bridgehead atoms. The van der Waals surface area contributed by atoms with E-state index in [1.54, 1.807) is 18.6 Å². The zero-order valence-corrected chi connectivity index (χ0v) is 17.0. The van der Waals surface area contributed by atoms with Gasteiger partial charge >= 0.3 is 0 Å². The molecule has 0 aliphatic carbocycles. The smallest absolute Gasteiger partial charge is 0.274 e. The summed E-state index contributed by atoms with van der Waals surface area (Å²) in [4.78, 5) is 36.6. The molecule has 0 aromatic carbocycles. The van der Waals surface area contributed by atoms with Gasteiger partial charge in [-0.25, -0.2) is 15.0 Å². The van der Waals surface area contributed by atoms with E-state index in [1.807, 2.05) is 42.8 Å². The van der Waals surface area contributed by atoms with E-state index in [0.29, 0.717) is 18.2 Å². The summed E-state index contributed by atoms with van der Waals surface area (Å²) in [6.07, 6.45) is 11.4. The van der Waals surface area contributed by atoms with Gasteiger partial charge in [-0.3, -0.25) is 14.8 Å². The van der Waals surface area contributed by atoms with Crippen molar-refractivity contribution in [2.24, 2.45) is 13.0 Å². The van der Waals surface area contributed by atoms with Gasteiger partial charge in [0, 0.05) is 32.5 Å². The average molecular weight is 391 g/mol. The number of carbonyl (C=O) groups excluding carboxylic acids is 1. The monoisotopic (exact) mass is 391 g/mol. The topological polar surface area (TPSA) is 89.7 Å². The quantitative estimate of drug-likeness (QED) is 0.678. The number of carbonyl (C=O) groups is 1. The standard InChI is InChI=1S/C21H25N7O/c1-14-8-25-19(11-23-14)21(29)28-6-4-5-16(13-28)7-17-9-22-10-18(26-17)20-12-24-15(2)27(20)3/h8-12,16H,4-7,13H2,1-3H3/t16-/m1/s1. The minimum atomic E-state index is -0.0487. The van der Waals surface area contributed by atoms with Gasteiger partial charge in [0.2, 0.25) is 0 Å². The molecule has 1 amide bonds. The summed E-state index contributed by atoms with van der Waals surface area (Å²) in [5.41, 5.74) is 3.93. The van der Waals surface area contributed by atoms with Crippen LogP contribution in [0.4, 0.5) is 0 Å². The highest BCUT2D eigenvalue weighted by molar-refractivity contribution is 5.92. The normalized spacial score (nSPS) is 16.8. The fraction of sp³-hybridized carbons (Fsp3) is 0.429. The zero-order chi connectivity index (χ0) is 20.4. The van der Waals surface area contributed by atoms with Gasteiger partial charge in [0.25, 0.3) is 5.91 Å². The molecule has 3 aromatic rings. The maximum Gasteiger partial charge on any atom is 0.274 e. The van der Waals surface area contributed by atoms with Crippen molar-refractivity contribution in [2.45, 2.75) is 33.1 Å². The van der Waals surface area contributed by atoms with E-state index in [4.69, 9.17) is 4.98 Å². The Morgan fingerprint density at radius 1 is 1.10 bits per heavy atom. The fourth-order valence-electron chi connectivity index (χ4n) is 3.75. The molecule has 1 saturated heterocycles. The summed E-state index contributed by atoms with van der Waals surface area (Å²) in [7, 11) is 1.98. The zero-order valence-electron chi connectivity index (χ0n) is 17.0. The van der Waals surface area contributed by atoms with Gasteiger partial charge in [-0.05, 0) is 39.0 Å². The lowest BCUT2D eigenvalue weighted by Gasteiger charge is -2.32. The van der Waals surface area contributed by atoms with Crippen molar-refractivity contribution in [3.63, 3.8) is 0 Å². The first-order chi connectivity index (χ1) is 14.0. The van der Waals surface area contributed by atoms with Crippen molar-refractivity contribution in [1.82, 2.24) is 34.4 Å². The molecule has 0 unspecified atom stereocenters. The van der Waals surface area contributed by atoms with Gasteiger partial charge in [0.1, 0.15) is 17.2 Å². The second kappa shape index (κ2) is 8.06. The van der Waals surface area contributed by atoms with E-state index < -0.39 is 0 Å². The molecule has 3 aromatic heterocycles. The van der Waals surface area contributed by atoms with Crippen molar-refractivity contribution in [3.05, 3.63) is 53.9 Å². The Balaban J connectivity index is 1.46. The molecule has 4 heterocycles. The summed E-state index contributed by atoms with van der Waals surface area (Å²) in [5.74, 6) is 1.24. The number of rotatable bonds is 4. The Labute approximate surface area is 170 Å². The first-order valence-corrected chi connectivity index (χ1v) is 9.89. The Kier molecular flexibility index (Phi) is 5.33. The SMILES string of the molecule is Cc1cnc(C(=O)N2CCC[C@H](Cc3cncc(-c4cnc(C)n4C)n3)C2)cn1. The van der Waals surface area contributed by atoms with Crippen LogP contribution in [0.3, 0.4) is 0 Å². The predicted octanol–water partition coefficient (Wildman–Crippen LogP) is 2.38. The number of aromatic nitrogens is 6. The van der Waals surface area contributed by atoms with Crippen molar-refractivity contribution in [3.8, 4) is 11.4 Å². The van der Waals surface area contributed by atoms with Gasteiger partial charge in [-0.15, -0.1) is 0 Å². The number of aryl methyl sites for hydroxylation is 2. The van der Waals surface area contributed by atoms with Gasteiger partial charge in [0.05, 0.1) is 35.7 Å². The lowest BCUT2D eigenvalue weighted by Crippen LogP contribution is -2.41. The van der Waals surface area contributed by atoms with Crippen LogP contribution in [0.15, 0.2) is 31.0 Å². The van der Waals surface area contributed by atoms with E-state index in [-0.39, 0.29) is 5.91 Å². The van der Waals surface area contributed by atoms with Crippen molar-refractivity contribution >= 4 is 5.91 Å². The number of piperidine rings is 1. The Morgan fingerprint density at radius 3 is 2.69 bits per heavy atom. The van der Waals surface area contributed by atoms with E-state index in [2.05, 4.69) is 19.9 Å². The minimum Gasteiger partial charge on any atom is -0.337 e. The average Bonchev–Trinajstić information content (AvgIpc) is 3.07. The molecule has 29 heavy (non-hydrogen) atoms. The third-order valence-electron chi connectivity index (χ3n) is 5.47. The lowest BCUT2D eigenvalue weighted by molar-refractivity contribution is 0.0666. The van der Waals surface area contributed by atoms with Crippen molar-refractivity contribution < 1.29 is 4.79 Å². The molecule has 0 spiro atoms. The summed E-state index contributed by atoms with van der Waals surface area (Å²) in [6.45, 7) is 5.28. The molecule has 8 heteroatoms. The highest BCUT2D eigenvalue weighted by Gasteiger charge is 2.26. The highest BCUT2D eigenvalue weighted by Crippen LogP contribution is 2.23. The van der Waals surface area contributed by atoms with Crippen LogP contribution >= 0.6 is 0 Å². The molecular weight excluding hydrogens is 366 g/mol. The van der Waals surface area contributed by atoms with Crippen LogP contribution in [0.1, 0.15) is 40.5 Å². The Hall–Kier alpha value is -3.16. The second-order valence-electron chi connectivity index (χ2n) is 7.65. The summed E-state index contributed by atoms with van der Waals surface area (Å²) < 4.78 is 2.01. The maximum absolute atomic E-state index is 12.8. The molecule has 4 rings (SSSR count). The Bertz CT molecular complexity index is 1010. The summed E-state index contributed by atoms with van der Waals surface area (Å²) in [5, 5.41) is 0. The van der Waals surface area contributed by atoms with Gasteiger partial charge < -0.3 is 9.47 Å². The molecule has 1 fully saturated rings. The van der Waals surface area contributed by atoms with Crippen LogP contribution in [-0.2, 0) is 13.5 Å². The van der Waals surface area contributed by atoms with Crippen molar-refractivity contribution in [1.29, 1.82) is 0 Å². The second-order valence-corrected chi connectivity index (χ2v) is 7.65. The van der Waals surface area contributed by atoms with E-state index in [0.717, 1.165) is 54.4 Å². The van der Waals surface area contributed by atoms with Gasteiger partial charge in [0.15, 0.2) is 0 Å². The third kappa shape index (κ3) is 4.16. The molecule has 1 aliphatic rings. The van der Waals surface area contributed by atoms with Gasteiger partial charge in [-0.1, -0.05) is 0 Å². The van der Waals surface area contributed by atoms with Crippen LogP contribution in [0.2, 0.25) is 0 Å². The fourth-order valence-corrected chi connectivity index (χ4v) is 3.75. The van der Waals surface area contributed by atoms with E-state index in [9.17, 15) is 4.79 Å². The number of imidazole rings is 1. The molecule has 0 saturated carbocycles. The number of nitrogens with zero attached hydrogens (tertiary/aromatic N) is 7. The molecule has 0 radical (unpaired) electrons. The molecule has 0 N–H and O–H groups in total. The van der Waals surface area contributed by atoms with Crippen LogP contribution < -0.4 is 0 Å². The maximum atomic E-state index is 12.8. The third-order valence-corrected chi connectivity index (χ3v) is 5.47. The number of hydrogen-bond acceptors (Lipinski definition) is 6. The minimum absolute atomic E-state index is 0.0487. The van der Waals surface area contributed by atoms with Crippen LogP contribution in [-0.4, -0.2) is 53.4 Å². The molecule has 1 aliphatic heterocycles. The predicted molar refractivity (Wildman–Crippen MR) is 108 cm³/mol. The number of likely N-dealkylation sites (tertiary alicyclic amines) is 1.